The van der Waals surface area contributed by atoms with E-state index in [0.29, 0.717) is 6.04 Å². The SMILES string of the molecule is CCC1CCCC(NC(=NCC(=O)N(C)C)NCC2CCCCO2)C1.I. The summed E-state index contributed by atoms with van der Waals surface area (Å²) in [6.07, 6.45) is 9.96. The van der Waals surface area contributed by atoms with Crippen LogP contribution in [-0.4, -0.2) is 62.7 Å². The zero-order valence-electron chi connectivity index (χ0n) is 16.6. The molecule has 1 saturated heterocycles. The van der Waals surface area contributed by atoms with Gasteiger partial charge < -0.3 is 20.3 Å². The van der Waals surface area contributed by atoms with Gasteiger partial charge >= 0.3 is 0 Å². The molecule has 1 aliphatic heterocycles. The lowest BCUT2D eigenvalue weighted by Gasteiger charge is -2.31. The molecule has 26 heavy (non-hydrogen) atoms. The molecular weight excluding hydrogens is 443 g/mol. The number of aliphatic imine (C=N–C) groups is 1. The van der Waals surface area contributed by atoms with Crippen molar-refractivity contribution >= 4 is 35.8 Å². The number of halogens is 1. The van der Waals surface area contributed by atoms with E-state index in [-0.39, 0.29) is 42.5 Å². The first-order chi connectivity index (χ1) is 12.1. The fraction of sp³-hybridized carbons (Fsp3) is 0.895. The Bertz CT molecular complexity index is 439. The summed E-state index contributed by atoms with van der Waals surface area (Å²) in [5, 5.41) is 6.97. The minimum atomic E-state index is 0. The van der Waals surface area contributed by atoms with Gasteiger partial charge in [0.2, 0.25) is 5.91 Å². The number of nitrogens with zero attached hydrogens (tertiary/aromatic N) is 2. The molecule has 0 bridgehead atoms. The molecule has 1 saturated carbocycles. The third kappa shape index (κ3) is 8.41. The Hall–Kier alpha value is -0.570. The summed E-state index contributed by atoms with van der Waals surface area (Å²) in [4.78, 5) is 18.0. The van der Waals surface area contributed by atoms with Crippen LogP contribution in [0, 0.1) is 5.92 Å². The summed E-state index contributed by atoms with van der Waals surface area (Å²) in [5.41, 5.74) is 0. The highest BCUT2D eigenvalue weighted by Crippen LogP contribution is 2.26. The Balaban J connectivity index is 0.00000338. The maximum absolute atomic E-state index is 11.9. The first-order valence-electron chi connectivity index (χ1n) is 9.95. The van der Waals surface area contributed by atoms with Crippen LogP contribution in [-0.2, 0) is 9.53 Å². The first kappa shape index (κ1) is 23.5. The van der Waals surface area contributed by atoms with E-state index in [9.17, 15) is 4.79 Å². The topological polar surface area (TPSA) is 66.0 Å². The van der Waals surface area contributed by atoms with E-state index in [1.54, 1.807) is 19.0 Å². The summed E-state index contributed by atoms with van der Waals surface area (Å²) >= 11 is 0. The summed E-state index contributed by atoms with van der Waals surface area (Å²) in [5.74, 6) is 1.58. The normalized spacial score (nSPS) is 26.6. The van der Waals surface area contributed by atoms with E-state index in [4.69, 9.17) is 4.74 Å². The summed E-state index contributed by atoms with van der Waals surface area (Å²) < 4.78 is 5.80. The van der Waals surface area contributed by atoms with Crippen molar-refractivity contribution in [2.45, 2.75) is 70.4 Å². The third-order valence-corrected chi connectivity index (χ3v) is 5.34. The van der Waals surface area contributed by atoms with Crippen LogP contribution in [0.25, 0.3) is 0 Å². The maximum Gasteiger partial charge on any atom is 0.243 e. The molecule has 1 aliphatic carbocycles. The molecule has 2 rings (SSSR count). The number of rotatable bonds is 6. The van der Waals surface area contributed by atoms with Crippen LogP contribution >= 0.6 is 24.0 Å². The van der Waals surface area contributed by atoms with E-state index < -0.39 is 0 Å². The zero-order chi connectivity index (χ0) is 18.1. The van der Waals surface area contributed by atoms with Crippen molar-refractivity contribution in [1.82, 2.24) is 15.5 Å². The lowest BCUT2D eigenvalue weighted by Crippen LogP contribution is -2.48. The molecule has 1 heterocycles. The Morgan fingerprint density at radius 1 is 1.19 bits per heavy atom. The molecule has 1 amide bonds. The number of carbonyl (C=O) groups excluding carboxylic acids is 1. The molecular formula is C19H37IN4O2. The molecule has 6 nitrogen and oxygen atoms in total. The van der Waals surface area contributed by atoms with E-state index in [2.05, 4.69) is 22.5 Å². The van der Waals surface area contributed by atoms with E-state index in [0.717, 1.165) is 37.9 Å². The molecule has 0 aromatic carbocycles. The summed E-state index contributed by atoms with van der Waals surface area (Å²) in [6.45, 7) is 4.06. The van der Waals surface area contributed by atoms with Gasteiger partial charge in [-0.15, -0.1) is 24.0 Å². The number of likely N-dealkylation sites (N-methyl/N-ethyl adjacent to an activating group) is 1. The van der Waals surface area contributed by atoms with Crippen molar-refractivity contribution in [3.8, 4) is 0 Å². The van der Waals surface area contributed by atoms with Gasteiger partial charge in [-0.1, -0.05) is 26.2 Å². The van der Waals surface area contributed by atoms with Gasteiger partial charge in [0.15, 0.2) is 5.96 Å². The predicted molar refractivity (Wildman–Crippen MR) is 117 cm³/mol. The van der Waals surface area contributed by atoms with Gasteiger partial charge in [-0.2, -0.15) is 0 Å². The molecule has 0 aromatic rings. The summed E-state index contributed by atoms with van der Waals surface area (Å²) in [6, 6.07) is 0.451. The second-order valence-electron chi connectivity index (χ2n) is 7.60. The number of amides is 1. The lowest BCUT2D eigenvalue weighted by atomic mass is 9.84. The Morgan fingerprint density at radius 3 is 2.65 bits per heavy atom. The van der Waals surface area contributed by atoms with Gasteiger partial charge in [0.1, 0.15) is 6.54 Å². The number of hydrogen-bond donors (Lipinski definition) is 2. The van der Waals surface area contributed by atoms with Crippen molar-refractivity contribution in [3.05, 3.63) is 0 Å². The van der Waals surface area contributed by atoms with Crippen LogP contribution in [0.2, 0.25) is 0 Å². The molecule has 7 heteroatoms. The van der Waals surface area contributed by atoms with Gasteiger partial charge in [-0.25, -0.2) is 4.99 Å². The molecule has 0 radical (unpaired) electrons. The van der Waals surface area contributed by atoms with E-state index in [1.165, 1.54) is 38.5 Å². The van der Waals surface area contributed by atoms with Crippen LogP contribution in [0.4, 0.5) is 0 Å². The molecule has 2 N–H and O–H groups in total. The van der Waals surface area contributed by atoms with Gasteiger partial charge in [-0.05, 0) is 38.0 Å². The Labute approximate surface area is 175 Å². The van der Waals surface area contributed by atoms with Gasteiger partial charge in [0, 0.05) is 33.3 Å². The fourth-order valence-electron chi connectivity index (χ4n) is 3.61. The molecule has 2 fully saturated rings. The highest BCUT2D eigenvalue weighted by atomic mass is 127. The standard InChI is InChI=1S/C19H36N4O2.HI/c1-4-15-8-7-9-16(12-15)22-19(21-14-18(24)23(2)3)20-13-17-10-5-6-11-25-17;/h15-17H,4-14H2,1-3H3,(H2,20,21,22);1H. The van der Waals surface area contributed by atoms with E-state index in [1.807, 2.05) is 0 Å². The van der Waals surface area contributed by atoms with Gasteiger partial charge in [0.25, 0.3) is 0 Å². The number of nitrogens with one attached hydrogen (secondary N) is 2. The lowest BCUT2D eigenvalue weighted by molar-refractivity contribution is -0.127. The third-order valence-electron chi connectivity index (χ3n) is 5.34. The Kier molecular flexibility index (Phi) is 11.5. The highest BCUT2D eigenvalue weighted by Gasteiger charge is 2.22. The van der Waals surface area contributed by atoms with Gasteiger partial charge in [-0.3, -0.25) is 4.79 Å². The highest BCUT2D eigenvalue weighted by molar-refractivity contribution is 14.0. The molecule has 3 unspecified atom stereocenters. The number of hydrogen-bond acceptors (Lipinski definition) is 3. The molecule has 0 spiro atoms. The molecule has 0 aromatic heterocycles. The average Bonchev–Trinajstić information content (AvgIpc) is 2.64. The second-order valence-corrected chi connectivity index (χ2v) is 7.60. The van der Waals surface area contributed by atoms with Crippen LogP contribution in [0.3, 0.4) is 0 Å². The zero-order valence-corrected chi connectivity index (χ0v) is 19.0. The van der Waals surface area contributed by atoms with Gasteiger partial charge in [0.05, 0.1) is 6.10 Å². The quantitative estimate of drug-likeness (QED) is 0.349. The monoisotopic (exact) mass is 480 g/mol. The van der Waals surface area contributed by atoms with Crippen molar-refractivity contribution in [1.29, 1.82) is 0 Å². The van der Waals surface area contributed by atoms with Crippen LogP contribution in [0.15, 0.2) is 4.99 Å². The maximum atomic E-state index is 11.9. The molecule has 2 aliphatic rings. The molecule has 3 atom stereocenters. The number of carbonyl (C=O) groups is 1. The van der Waals surface area contributed by atoms with Crippen molar-refractivity contribution < 1.29 is 9.53 Å². The molecule has 152 valence electrons. The minimum absolute atomic E-state index is 0. The van der Waals surface area contributed by atoms with Crippen molar-refractivity contribution in [3.63, 3.8) is 0 Å². The first-order valence-corrected chi connectivity index (χ1v) is 9.95. The number of ether oxygens (including phenoxy) is 1. The fourth-order valence-corrected chi connectivity index (χ4v) is 3.61. The van der Waals surface area contributed by atoms with E-state index >= 15 is 0 Å². The summed E-state index contributed by atoms with van der Waals surface area (Å²) in [7, 11) is 3.53. The Morgan fingerprint density at radius 2 is 2.00 bits per heavy atom. The van der Waals surface area contributed by atoms with Crippen molar-refractivity contribution in [2.24, 2.45) is 10.9 Å². The predicted octanol–water partition coefficient (Wildman–Crippen LogP) is 2.77. The largest absolute Gasteiger partial charge is 0.376 e. The smallest absolute Gasteiger partial charge is 0.243 e. The van der Waals surface area contributed by atoms with Crippen LogP contribution < -0.4 is 10.6 Å². The second kappa shape index (κ2) is 12.8. The number of guanidine groups is 1. The van der Waals surface area contributed by atoms with Crippen LogP contribution in [0.5, 0.6) is 0 Å². The minimum Gasteiger partial charge on any atom is -0.376 e. The average molecular weight is 480 g/mol. The van der Waals surface area contributed by atoms with Crippen molar-refractivity contribution in [2.75, 3.05) is 33.8 Å². The van der Waals surface area contributed by atoms with Crippen LogP contribution in [0.1, 0.15) is 58.3 Å².